The molecule has 0 radical (unpaired) electrons. The van der Waals surface area contributed by atoms with E-state index in [1.165, 1.54) is 14.0 Å². The molecule has 0 aromatic rings. The predicted molar refractivity (Wildman–Crippen MR) is 47.0 cm³/mol. The van der Waals surface area contributed by atoms with Gasteiger partial charge in [-0.05, 0) is 19.3 Å². The molecule has 1 saturated heterocycles. The number of hydrogen-bond donors (Lipinski definition) is 0. The summed E-state index contributed by atoms with van der Waals surface area (Å²) in [4.78, 5) is 24.0. The van der Waals surface area contributed by atoms with Crippen molar-refractivity contribution in [2.45, 2.75) is 32.2 Å². The number of methoxy groups -OCH3 is 1. The smallest absolute Gasteiger partial charge is 0.328 e. The number of likely N-dealkylation sites (tertiary alicyclic amines) is 1. The van der Waals surface area contributed by atoms with Gasteiger partial charge in [0.2, 0.25) is 5.91 Å². The molecule has 4 heteroatoms. The molecule has 1 heterocycles. The Hall–Kier alpha value is -1.06. The van der Waals surface area contributed by atoms with Gasteiger partial charge in [-0.15, -0.1) is 0 Å². The average molecular weight is 185 g/mol. The first kappa shape index (κ1) is 10.0. The normalized spacial score (nSPS) is 22.6. The number of ether oxygens (including phenoxy) is 1. The zero-order valence-corrected chi connectivity index (χ0v) is 8.08. The Kier molecular flexibility index (Phi) is 3.28. The lowest BCUT2D eigenvalue weighted by Crippen LogP contribution is -2.47. The molecule has 1 amide bonds. The summed E-state index contributed by atoms with van der Waals surface area (Å²) in [6.45, 7) is 2.16. The summed E-state index contributed by atoms with van der Waals surface area (Å²) in [6, 6.07) is -0.351. The summed E-state index contributed by atoms with van der Waals surface area (Å²) >= 11 is 0. The van der Waals surface area contributed by atoms with Crippen LogP contribution in [0.2, 0.25) is 0 Å². The van der Waals surface area contributed by atoms with Gasteiger partial charge < -0.3 is 9.64 Å². The van der Waals surface area contributed by atoms with Gasteiger partial charge in [-0.3, -0.25) is 4.79 Å². The lowest BCUT2D eigenvalue weighted by molar-refractivity contribution is -0.153. The molecule has 0 aliphatic carbocycles. The van der Waals surface area contributed by atoms with Gasteiger partial charge in [0.05, 0.1) is 7.11 Å². The van der Waals surface area contributed by atoms with Gasteiger partial charge in [-0.25, -0.2) is 4.79 Å². The maximum absolute atomic E-state index is 11.3. The number of carbonyl (C=O) groups is 2. The predicted octanol–water partition coefficient (Wildman–Crippen LogP) is 0.560. The van der Waals surface area contributed by atoms with E-state index >= 15 is 0 Å². The summed E-state index contributed by atoms with van der Waals surface area (Å²) in [5, 5.41) is 0. The van der Waals surface area contributed by atoms with Gasteiger partial charge in [0.15, 0.2) is 0 Å². The molecule has 13 heavy (non-hydrogen) atoms. The van der Waals surface area contributed by atoms with Crippen molar-refractivity contribution in [2.75, 3.05) is 13.7 Å². The van der Waals surface area contributed by atoms with E-state index in [4.69, 9.17) is 0 Å². The highest BCUT2D eigenvalue weighted by Crippen LogP contribution is 2.17. The van der Waals surface area contributed by atoms with Crippen LogP contribution < -0.4 is 0 Å². The molecule has 0 aromatic carbocycles. The van der Waals surface area contributed by atoms with Crippen LogP contribution in [0.3, 0.4) is 0 Å². The molecule has 0 spiro atoms. The second kappa shape index (κ2) is 4.25. The van der Waals surface area contributed by atoms with Crippen molar-refractivity contribution in [1.82, 2.24) is 4.90 Å². The summed E-state index contributed by atoms with van der Waals surface area (Å²) < 4.78 is 4.64. The summed E-state index contributed by atoms with van der Waals surface area (Å²) in [5.74, 6) is -0.343. The Morgan fingerprint density at radius 2 is 2.08 bits per heavy atom. The lowest BCUT2D eigenvalue weighted by atomic mass is 10.0. The first-order valence-electron chi connectivity index (χ1n) is 4.52. The van der Waals surface area contributed by atoms with Crippen LogP contribution in [0.25, 0.3) is 0 Å². The van der Waals surface area contributed by atoms with E-state index in [-0.39, 0.29) is 17.9 Å². The third kappa shape index (κ3) is 2.20. The highest BCUT2D eigenvalue weighted by Gasteiger charge is 2.30. The van der Waals surface area contributed by atoms with Gasteiger partial charge >= 0.3 is 5.97 Å². The molecule has 1 aliphatic heterocycles. The minimum absolute atomic E-state index is 0.0462. The Labute approximate surface area is 77.8 Å². The van der Waals surface area contributed by atoms with E-state index < -0.39 is 0 Å². The second-order valence-electron chi connectivity index (χ2n) is 3.25. The maximum Gasteiger partial charge on any atom is 0.328 e. The minimum Gasteiger partial charge on any atom is -0.467 e. The van der Waals surface area contributed by atoms with Gasteiger partial charge in [0, 0.05) is 13.5 Å². The largest absolute Gasteiger partial charge is 0.467 e. The molecule has 1 rings (SSSR count). The maximum atomic E-state index is 11.3. The molecule has 0 saturated carbocycles. The molecule has 1 aliphatic rings. The fourth-order valence-electron chi connectivity index (χ4n) is 1.69. The number of nitrogens with zero attached hydrogens (tertiary/aromatic N) is 1. The summed E-state index contributed by atoms with van der Waals surface area (Å²) in [7, 11) is 1.36. The number of amides is 1. The van der Waals surface area contributed by atoms with Gasteiger partial charge in [-0.2, -0.15) is 0 Å². The van der Waals surface area contributed by atoms with Gasteiger partial charge in [-0.1, -0.05) is 0 Å². The number of carbonyl (C=O) groups excluding carboxylic acids is 2. The van der Waals surface area contributed by atoms with E-state index in [1.54, 1.807) is 4.90 Å². The van der Waals surface area contributed by atoms with E-state index in [9.17, 15) is 9.59 Å². The first-order valence-corrected chi connectivity index (χ1v) is 4.52. The monoisotopic (exact) mass is 185 g/mol. The SMILES string of the molecule is COC(=O)C1CCCCN1C(C)=O. The topological polar surface area (TPSA) is 46.6 Å². The molecule has 1 fully saturated rings. The van der Waals surface area contributed by atoms with Crippen LogP contribution in [0, 0.1) is 0 Å². The zero-order chi connectivity index (χ0) is 9.84. The van der Waals surface area contributed by atoms with Crippen LogP contribution in [0.1, 0.15) is 26.2 Å². The van der Waals surface area contributed by atoms with Crippen molar-refractivity contribution < 1.29 is 14.3 Å². The third-order valence-corrected chi connectivity index (χ3v) is 2.38. The second-order valence-corrected chi connectivity index (χ2v) is 3.25. The Balaban J connectivity index is 2.67. The van der Waals surface area contributed by atoms with Gasteiger partial charge in [0.25, 0.3) is 0 Å². The van der Waals surface area contributed by atoms with Crippen molar-refractivity contribution in [3.8, 4) is 0 Å². The quantitative estimate of drug-likeness (QED) is 0.561. The Morgan fingerprint density at radius 3 is 2.62 bits per heavy atom. The van der Waals surface area contributed by atoms with E-state index in [2.05, 4.69) is 4.74 Å². The van der Waals surface area contributed by atoms with Crippen LogP contribution in [-0.4, -0.2) is 36.5 Å². The van der Waals surface area contributed by atoms with Crippen molar-refractivity contribution in [1.29, 1.82) is 0 Å². The molecule has 1 atom stereocenters. The van der Waals surface area contributed by atoms with Crippen molar-refractivity contribution >= 4 is 11.9 Å². The van der Waals surface area contributed by atoms with Crippen LogP contribution in [-0.2, 0) is 14.3 Å². The van der Waals surface area contributed by atoms with Gasteiger partial charge in [0.1, 0.15) is 6.04 Å². The Bertz CT molecular complexity index is 215. The van der Waals surface area contributed by atoms with Crippen LogP contribution in [0.4, 0.5) is 0 Å². The first-order chi connectivity index (χ1) is 6.16. The van der Waals surface area contributed by atoms with E-state index in [0.29, 0.717) is 6.54 Å². The number of rotatable bonds is 1. The van der Waals surface area contributed by atoms with Crippen LogP contribution >= 0.6 is 0 Å². The fraction of sp³-hybridized carbons (Fsp3) is 0.778. The van der Waals surface area contributed by atoms with Crippen molar-refractivity contribution in [2.24, 2.45) is 0 Å². The molecule has 1 unspecified atom stereocenters. The molecule has 0 aromatic heterocycles. The Morgan fingerprint density at radius 1 is 1.38 bits per heavy atom. The molecular formula is C9H15NO3. The highest BCUT2D eigenvalue weighted by molar-refractivity contribution is 5.83. The summed E-state index contributed by atoms with van der Waals surface area (Å²) in [5.41, 5.74) is 0. The minimum atomic E-state index is -0.351. The van der Waals surface area contributed by atoms with E-state index in [1.807, 2.05) is 0 Å². The lowest BCUT2D eigenvalue weighted by Gasteiger charge is -2.32. The average Bonchev–Trinajstić information content (AvgIpc) is 2.16. The molecule has 0 N–H and O–H groups in total. The highest BCUT2D eigenvalue weighted by atomic mass is 16.5. The number of hydrogen-bond acceptors (Lipinski definition) is 3. The molecular weight excluding hydrogens is 170 g/mol. The molecule has 4 nitrogen and oxygen atoms in total. The van der Waals surface area contributed by atoms with Crippen molar-refractivity contribution in [3.63, 3.8) is 0 Å². The number of piperidine rings is 1. The van der Waals surface area contributed by atoms with Crippen LogP contribution in [0.15, 0.2) is 0 Å². The standard InChI is InChI=1S/C9H15NO3/c1-7(11)10-6-4-3-5-8(10)9(12)13-2/h8H,3-6H2,1-2H3. The van der Waals surface area contributed by atoms with Crippen molar-refractivity contribution in [3.05, 3.63) is 0 Å². The molecule has 74 valence electrons. The third-order valence-electron chi connectivity index (χ3n) is 2.38. The summed E-state index contributed by atoms with van der Waals surface area (Å²) in [6.07, 6.45) is 2.70. The fourth-order valence-corrected chi connectivity index (χ4v) is 1.69. The number of esters is 1. The van der Waals surface area contributed by atoms with E-state index in [0.717, 1.165) is 19.3 Å². The van der Waals surface area contributed by atoms with Crippen LogP contribution in [0.5, 0.6) is 0 Å². The zero-order valence-electron chi connectivity index (χ0n) is 8.08. The molecule has 0 bridgehead atoms.